The van der Waals surface area contributed by atoms with Crippen molar-refractivity contribution in [2.24, 2.45) is 0 Å². The summed E-state index contributed by atoms with van der Waals surface area (Å²) in [5.41, 5.74) is 0.944. The van der Waals surface area contributed by atoms with E-state index in [1.807, 2.05) is 24.3 Å². The molecule has 1 aromatic carbocycles. The van der Waals surface area contributed by atoms with Gasteiger partial charge in [0.2, 0.25) is 5.91 Å². The largest absolute Gasteiger partial charge is 0.496 e. The molecule has 1 saturated heterocycles. The second-order valence-electron chi connectivity index (χ2n) is 6.04. The van der Waals surface area contributed by atoms with Gasteiger partial charge in [-0.25, -0.2) is 4.79 Å². The van der Waals surface area contributed by atoms with Crippen molar-refractivity contribution in [2.75, 3.05) is 33.4 Å². The van der Waals surface area contributed by atoms with E-state index in [9.17, 15) is 9.59 Å². The molecular weight excluding hydrogens is 322 g/mol. The molecule has 0 saturated carbocycles. The number of nitrogens with zero attached hydrogens (tertiary/aromatic N) is 1. The van der Waals surface area contributed by atoms with Crippen LogP contribution in [0.5, 0.6) is 5.75 Å². The van der Waals surface area contributed by atoms with Crippen LogP contribution in [0.1, 0.15) is 25.3 Å². The van der Waals surface area contributed by atoms with Crippen LogP contribution in [-0.2, 0) is 16.1 Å². The predicted molar refractivity (Wildman–Crippen MR) is 94.5 cm³/mol. The lowest BCUT2D eigenvalue weighted by Gasteiger charge is -2.26. The van der Waals surface area contributed by atoms with Crippen molar-refractivity contribution in [2.45, 2.75) is 32.4 Å². The van der Waals surface area contributed by atoms with Crippen LogP contribution >= 0.6 is 0 Å². The van der Waals surface area contributed by atoms with E-state index >= 15 is 0 Å². The highest BCUT2D eigenvalue weighted by molar-refractivity contribution is 5.75. The molecule has 138 valence electrons. The Hall–Kier alpha value is -2.28. The minimum atomic E-state index is -0.174. The van der Waals surface area contributed by atoms with Gasteiger partial charge in [-0.2, -0.15) is 0 Å². The number of ether oxygens (including phenoxy) is 2. The quantitative estimate of drug-likeness (QED) is 0.698. The highest BCUT2D eigenvalue weighted by atomic mass is 16.5. The van der Waals surface area contributed by atoms with Crippen LogP contribution in [0.25, 0.3) is 0 Å². The maximum absolute atomic E-state index is 12.6. The molecule has 7 nitrogen and oxygen atoms in total. The summed E-state index contributed by atoms with van der Waals surface area (Å²) in [5, 5.41) is 5.51. The minimum Gasteiger partial charge on any atom is -0.496 e. The monoisotopic (exact) mass is 349 g/mol. The van der Waals surface area contributed by atoms with Gasteiger partial charge in [-0.1, -0.05) is 18.2 Å². The summed E-state index contributed by atoms with van der Waals surface area (Å²) in [5.74, 6) is 0.644. The summed E-state index contributed by atoms with van der Waals surface area (Å²) in [6.07, 6.45) is 2.05. The van der Waals surface area contributed by atoms with Crippen LogP contribution in [0.2, 0.25) is 0 Å². The van der Waals surface area contributed by atoms with Crippen molar-refractivity contribution in [3.63, 3.8) is 0 Å². The first-order valence-corrected chi connectivity index (χ1v) is 8.61. The zero-order valence-electron chi connectivity index (χ0n) is 14.9. The molecule has 25 heavy (non-hydrogen) atoms. The molecule has 1 fully saturated rings. The number of amides is 3. The normalized spacial score (nSPS) is 16.3. The molecule has 3 amide bonds. The molecular formula is C18H27N3O4. The maximum Gasteiger partial charge on any atom is 0.317 e. The van der Waals surface area contributed by atoms with Gasteiger partial charge in [-0.15, -0.1) is 0 Å². The first-order chi connectivity index (χ1) is 12.1. The van der Waals surface area contributed by atoms with Crippen molar-refractivity contribution in [1.82, 2.24) is 15.5 Å². The van der Waals surface area contributed by atoms with Crippen molar-refractivity contribution < 1.29 is 19.1 Å². The number of carbonyl (C=O) groups is 2. The lowest BCUT2D eigenvalue weighted by atomic mass is 10.1. The van der Waals surface area contributed by atoms with Crippen LogP contribution in [0, 0.1) is 0 Å². The fraction of sp³-hybridized carbons (Fsp3) is 0.556. The number of nitrogens with one attached hydrogen (secondary N) is 2. The summed E-state index contributed by atoms with van der Waals surface area (Å²) in [6, 6.07) is 7.49. The second-order valence-corrected chi connectivity index (χ2v) is 6.04. The molecule has 1 aromatic rings. The molecule has 0 bridgehead atoms. The summed E-state index contributed by atoms with van der Waals surface area (Å²) in [7, 11) is 1.62. The molecule has 0 radical (unpaired) electrons. The Bertz CT molecular complexity index is 573. The molecule has 1 heterocycles. The van der Waals surface area contributed by atoms with E-state index in [0.29, 0.717) is 26.2 Å². The van der Waals surface area contributed by atoms with Gasteiger partial charge >= 0.3 is 6.03 Å². The van der Waals surface area contributed by atoms with Gasteiger partial charge in [-0.3, -0.25) is 4.79 Å². The number of urea groups is 1. The fourth-order valence-electron chi connectivity index (χ4n) is 2.81. The Kier molecular flexibility index (Phi) is 7.53. The number of methoxy groups -OCH3 is 1. The highest BCUT2D eigenvalue weighted by Crippen LogP contribution is 2.21. The van der Waals surface area contributed by atoms with Crippen molar-refractivity contribution in [3.05, 3.63) is 29.8 Å². The van der Waals surface area contributed by atoms with Gasteiger partial charge < -0.3 is 25.0 Å². The number of benzene rings is 1. The molecule has 0 aliphatic carbocycles. The number of para-hydroxylation sites is 1. The smallest absolute Gasteiger partial charge is 0.317 e. The van der Waals surface area contributed by atoms with Crippen LogP contribution in [0.3, 0.4) is 0 Å². The highest BCUT2D eigenvalue weighted by Gasteiger charge is 2.23. The van der Waals surface area contributed by atoms with Gasteiger partial charge in [-0.05, 0) is 18.9 Å². The summed E-state index contributed by atoms with van der Waals surface area (Å²) in [4.78, 5) is 25.2. The molecule has 2 N–H and O–H groups in total. The topological polar surface area (TPSA) is 79.9 Å². The van der Waals surface area contributed by atoms with Gasteiger partial charge in [0.15, 0.2) is 0 Å². The van der Waals surface area contributed by atoms with Gasteiger partial charge in [0, 0.05) is 38.7 Å². The van der Waals surface area contributed by atoms with Crippen LogP contribution in [0.4, 0.5) is 4.79 Å². The molecule has 2 rings (SSSR count). The first kappa shape index (κ1) is 19.1. The van der Waals surface area contributed by atoms with Crippen molar-refractivity contribution in [3.8, 4) is 5.75 Å². The van der Waals surface area contributed by atoms with Crippen molar-refractivity contribution >= 4 is 11.9 Å². The molecule has 7 heteroatoms. The van der Waals surface area contributed by atoms with E-state index in [4.69, 9.17) is 9.47 Å². The molecule has 0 aromatic heterocycles. The average Bonchev–Trinajstić information content (AvgIpc) is 3.11. The number of carbonyl (C=O) groups excluding carboxylic acids is 2. The number of rotatable bonds is 8. The Morgan fingerprint density at radius 1 is 1.28 bits per heavy atom. The molecule has 0 spiro atoms. The van der Waals surface area contributed by atoms with E-state index in [2.05, 4.69) is 10.6 Å². The Morgan fingerprint density at radius 2 is 2.04 bits per heavy atom. The van der Waals surface area contributed by atoms with E-state index in [1.165, 1.54) is 6.92 Å². The Morgan fingerprint density at radius 3 is 2.72 bits per heavy atom. The minimum absolute atomic E-state index is 0.0656. The Balaban J connectivity index is 1.98. The van der Waals surface area contributed by atoms with Gasteiger partial charge in [0.05, 0.1) is 19.8 Å². The SMILES string of the molecule is COc1ccccc1CN(C[C@@H]1CCCO1)C(=O)NCCNC(C)=O. The van der Waals surface area contributed by atoms with E-state index in [1.54, 1.807) is 12.0 Å². The Labute approximate surface area is 148 Å². The molecule has 1 aliphatic rings. The third kappa shape index (κ3) is 6.26. The molecule has 1 atom stereocenters. The zero-order valence-corrected chi connectivity index (χ0v) is 14.9. The van der Waals surface area contributed by atoms with E-state index in [0.717, 1.165) is 30.8 Å². The first-order valence-electron chi connectivity index (χ1n) is 8.61. The predicted octanol–water partition coefficient (Wildman–Crippen LogP) is 1.52. The second kappa shape index (κ2) is 9.88. The average molecular weight is 349 g/mol. The van der Waals surface area contributed by atoms with E-state index in [-0.39, 0.29) is 18.0 Å². The number of hydrogen-bond donors (Lipinski definition) is 2. The number of hydrogen-bond acceptors (Lipinski definition) is 4. The van der Waals surface area contributed by atoms with Crippen LogP contribution in [0.15, 0.2) is 24.3 Å². The third-order valence-corrected chi connectivity index (χ3v) is 4.06. The maximum atomic E-state index is 12.6. The molecule has 0 unspecified atom stereocenters. The van der Waals surface area contributed by atoms with Gasteiger partial charge in [0.25, 0.3) is 0 Å². The van der Waals surface area contributed by atoms with Crippen molar-refractivity contribution in [1.29, 1.82) is 0 Å². The molecule has 1 aliphatic heterocycles. The lowest BCUT2D eigenvalue weighted by molar-refractivity contribution is -0.118. The lowest BCUT2D eigenvalue weighted by Crippen LogP contribution is -2.45. The van der Waals surface area contributed by atoms with Crippen LogP contribution in [-0.4, -0.2) is 56.3 Å². The van der Waals surface area contributed by atoms with E-state index < -0.39 is 0 Å². The third-order valence-electron chi connectivity index (χ3n) is 4.06. The summed E-state index contributed by atoms with van der Waals surface area (Å²) in [6.45, 7) is 3.96. The van der Waals surface area contributed by atoms with Gasteiger partial charge in [0.1, 0.15) is 5.75 Å². The fourth-order valence-corrected chi connectivity index (χ4v) is 2.81. The summed E-state index contributed by atoms with van der Waals surface area (Å²) >= 11 is 0. The standard InChI is InChI=1S/C18H27N3O4/c1-14(22)19-9-10-20-18(23)21(13-16-7-5-11-25-16)12-15-6-3-4-8-17(15)24-2/h3-4,6,8,16H,5,7,9-13H2,1-2H3,(H,19,22)(H,20,23)/t16-/m0/s1. The van der Waals surface area contributed by atoms with Crippen LogP contribution < -0.4 is 15.4 Å². The summed E-state index contributed by atoms with van der Waals surface area (Å²) < 4.78 is 11.1. The zero-order chi connectivity index (χ0) is 18.1.